The van der Waals surface area contributed by atoms with E-state index in [9.17, 15) is 4.79 Å². The predicted molar refractivity (Wildman–Crippen MR) is 52.3 cm³/mol. The summed E-state index contributed by atoms with van der Waals surface area (Å²) < 4.78 is 0. The molecule has 0 aliphatic heterocycles. The Hall–Kier alpha value is -1.03. The quantitative estimate of drug-likeness (QED) is 0.615. The third-order valence-corrected chi connectivity index (χ3v) is 1.34. The van der Waals surface area contributed by atoms with Gasteiger partial charge in [-0.15, -0.1) is 0 Å². The first-order valence-electron chi connectivity index (χ1n) is 4.20. The number of hydrogen-bond acceptors (Lipinski definition) is 2. The van der Waals surface area contributed by atoms with Gasteiger partial charge in [0, 0.05) is 6.20 Å². The highest BCUT2D eigenvalue weighted by atomic mass is 16.3. The fourth-order valence-corrected chi connectivity index (χ4v) is 0.593. The Bertz CT molecular complexity index is 206. The molecule has 0 aromatic heterocycles. The minimum atomic E-state index is -0.584. The Kier molecular flexibility index (Phi) is 4.48. The van der Waals surface area contributed by atoms with Crippen molar-refractivity contribution in [3.05, 3.63) is 11.8 Å². The summed E-state index contributed by atoms with van der Waals surface area (Å²) in [6.07, 6.45) is 1.61. The van der Waals surface area contributed by atoms with Crippen LogP contribution in [0.1, 0.15) is 27.7 Å². The van der Waals surface area contributed by atoms with E-state index in [0.29, 0.717) is 0 Å². The van der Waals surface area contributed by atoms with Crippen molar-refractivity contribution in [2.24, 2.45) is 0 Å². The largest absolute Gasteiger partial charge is 0.394 e. The Morgan fingerprint density at radius 3 is 2.38 bits per heavy atom. The van der Waals surface area contributed by atoms with Crippen molar-refractivity contribution in [2.45, 2.75) is 33.2 Å². The van der Waals surface area contributed by atoms with Crippen LogP contribution in [0.15, 0.2) is 11.8 Å². The Morgan fingerprint density at radius 1 is 1.46 bits per heavy atom. The molecule has 0 radical (unpaired) electrons. The van der Waals surface area contributed by atoms with Crippen molar-refractivity contribution in [2.75, 3.05) is 6.61 Å². The van der Waals surface area contributed by atoms with Gasteiger partial charge in [0.1, 0.15) is 0 Å². The van der Waals surface area contributed by atoms with Crippen LogP contribution in [0.4, 0.5) is 4.79 Å². The molecule has 0 aliphatic carbocycles. The zero-order chi connectivity index (χ0) is 10.5. The molecule has 0 aromatic rings. The summed E-state index contributed by atoms with van der Waals surface area (Å²) in [5.41, 5.74) is 0.427. The van der Waals surface area contributed by atoms with Crippen LogP contribution in [0.3, 0.4) is 0 Å². The van der Waals surface area contributed by atoms with E-state index in [-0.39, 0.29) is 12.6 Å². The highest BCUT2D eigenvalue weighted by Gasteiger charge is 2.17. The second kappa shape index (κ2) is 4.87. The first kappa shape index (κ1) is 12.0. The van der Waals surface area contributed by atoms with Crippen LogP contribution >= 0.6 is 0 Å². The molecule has 0 saturated heterocycles. The van der Waals surface area contributed by atoms with Crippen molar-refractivity contribution in [1.29, 1.82) is 0 Å². The predicted octanol–water partition coefficient (Wildman–Crippen LogP) is 0.980. The van der Waals surface area contributed by atoms with Gasteiger partial charge in [-0.3, -0.25) is 0 Å². The third kappa shape index (κ3) is 6.16. The van der Waals surface area contributed by atoms with Gasteiger partial charge in [-0.1, -0.05) is 5.57 Å². The molecule has 13 heavy (non-hydrogen) atoms. The van der Waals surface area contributed by atoms with Gasteiger partial charge in [0.25, 0.3) is 0 Å². The second-order valence-corrected chi connectivity index (χ2v) is 3.86. The molecule has 4 heteroatoms. The average molecular weight is 186 g/mol. The molecule has 0 saturated carbocycles. The van der Waals surface area contributed by atoms with Crippen LogP contribution in [0.25, 0.3) is 0 Å². The first-order valence-corrected chi connectivity index (χ1v) is 4.20. The maximum absolute atomic E-state index is 11.1. The molecule has 3 N–H and O–H groups in total. The van der Waals surface area contributed by atoms with Crippen LogP contribution in [0.2, 0.25) is 0 Å². The number of nitrogens with one attached hydrogen (secondary N) is 2. The molecule has 76 valence electrons. The second-order valence-electron chi connectivity index (χ2n) is 3.86. The summed E-state index contributed by atoms with van der Waals surface area (Å²) >= 11 is 0. The van der Waals surface area contributed by atoms with E-state index < -0.39 is 5.54 Å². The minimum absolute atomic E-state index is 0.0881. The number of urea groups is 1. The molecule has 0 atom stereocenters. The molecule has 2 amide bonds. The molecule has 0 bridgehead atoms. The lowest BCUT2D eigenvalue weighted by molar-refractivity contribution is 0.183. The summed E-state index contributed by atoms with van der Waals surface area (Å²) in [5.74, 6) is 0. The fourth-order valence-electron chi connectivity index (χ4n) is 0.593. The van der Waals surface area contributed by atoms with E-state index in [1.165, 1.54) is 0 Å². The number of carbonyl (C=O) groups is 1. The summed E-state index contributed by atoms with van der Waals surface area (Å²) in [6, 6.07) is -0.305. The molecular weight excluding hydrogens is 168 g/mol. The molecule has 0 heterocycles. The third-order valence-electron chi connectivity index (χ3n) is 1.34. The standard InChI is InChI=1S/C9H18N2O2/c1-7(2)5-10-8(13)11-9(3,4)6-12/h5,12H,6H2,1-4H3,(H2,10,11,13). The molecule has 0 unspecified atom stereocenters. The van der Waals surface area contributed by atoms with E-state index in [1.54, 1.807) is 20.0 Å². The Balaban J connectivity index is 3.95. The smallest absolute Gasteiger partial charge is 0.319 e. The lowest BCUT2D eigenvalue weighted by Gasteiger charge is -2.22. The van der Waals surface area contributed by atoms with Gasteiger partial charge < -0.3 is 15.7 Å². The zero-order valence-corrected chi connectivity index (χ0v) is 8.64. The van der Waals surface area contributed by atoms with Crippen molar-refractivity contribution < 1.29 is 9.90 Å². The minimum Gasteiger partial charge on any atom is -0.394 e. The molecule has 0 spiro atoms. The highest BCUT2D eigenvalue weighted by molar-refractivity contribution is 5.75. The maximum atomic E-state index is 11.1. The summed E-state index contributed by atoms with van der Waals surface area (Å²) in [5, 5.41) is 14.0. The number of aliphatic hydroxyl groups excluding tert-OH is 1. The van der Waals surface area contributed by atoms with Gasteiger partial charge in [-0.05, 0) is 27.7 Å². The van der Waals surface area contributed by atoms with E-state index in [0.717, 1.165) is 5.57 Å². The monoisotopic (exact) mass is 186 g/mol. The molecular formula is C9H18N2O2. The number of allylic oxidation sites excluding steroid dienone is 1. The molecule has 0 aliphatic rings. The van der Waals surface area contributed by atoms with E-state index in [1.807, 2.05) is 13.8 Å². The van der Waals surface area contributed by atoms with Crippen molar-refractivity contribution >= 4 is 6.03 Å². The highest BCUT2D eigenvalue weighted by Crippen LogP contribution is 1.98. The van der Waals surface area contributed by atoms with Crippen LogP contribution in [0, 0.1) is 0 Å². The summed E-state index contributed by atoms with van der Waals surface area (Å²) in [4.78, 5) is 11.1. The molecule has 0 aromatic carbocycles. The van der Waals surface area contributed by atoms with Crippen LogP contribution in [0.5, 0.6) is 0 Å². The van der Waals surface area contributed by atoms with E-state index in [2.05, 4.69) is 10.6 Å². The van der Waals surface area contributed by atoms with Gasteiger partial charge in [0.15, 0.2) is 0 Å². The number of aliphatic hydroxyl groups is 1. The van der Waals surface area contributed by atoms with Gasteiger partial charge in [0.05, 0.1) is 12.1 Å². The zero-order valence-electron chi connectivity index (χ0n) is 8.64. The Morgan fingerprint density at radius 2 is 2.00 bits per heavy atom. The maximum Gasteiger partial charge on any atom is 0.319 e. The molecule has 0 rings (SSSR count). The fraction of sp³-hybridized carbons (Fsp3) is 0.667. The normalized spacial score (nSPS) is 10.5. The van der Waals surface area contributed by atoms with Gasteiger partial charge in [0.2, 0.25) is 0 Å². The summed E-state index contributed by atoms with van der Waals surface area (Å²) in [6.45, 7) is 7.17. The van der Waals surface area contributed by atoms with Crippen LogP contribution < -0.4 is 10.6 Å². The van der Waals surface area contributed by atoms with Gasteiger partial charge in [-0.25, -0.2) is 4.79 Å². The number of amides is 2. The van der Waals surface area contributed by atoms with E-state index in [4.69, 9.17) is 5.11 Å². The van der Waals surface area contributed by atoms with Crippen LogP contribution in [-0.2, 0) is 0 Å². The topological polar surface area (TPSA) is 61.4 Å². The van der Waals surface area contributed by atoms with Crippen LogP contribution in [-0.4, -0.2) is 23.3 Å². The van der Waals surface area contributed by atoms with E-state index >= 15 is 0 Å². The number of hydrogen-bond donors (Lipinski definition) is 3. The average Bonchev–Trinajstić information content (AvgIpc) is 2.00. The number of rotatable bonds is 3. The molecule has 0 fully saturated rings. The Labute approximate surface area is 79.0 Å². The first-order chi connectivity index (χ1) is 5.87. The van der Waals surface area contributed by atoms with Crippen molar-refractivity contribution in [1.82, 2.24) is 10.6 Å². The van der Waals surface area contributed by atoms with Gasteiger partial charge >= 0.3 is 6.03 Å². The molecule has 4 nitrogen and oxygen atoms in total. The van der Waals surface area contributed by atoms with Gasteiger partial charge in [-0.2, -0.15) is 0 Å². The SMILES string of the molecule is CC(C)=CNC(=O)NC(C)(C)CO. The lowest BCUT2D eigenvalue weighted by Crippen LogP contribution is -2.49. The lowest BCUT2D eigenvalue weighted by atomic mass is 10.1. The summed E-state index contributed by atoms with van der Waals surface area (Å²) in [7, 11) is 0. The van der Waals surface area contributed by atoms with Crippen molar-refractivity contribution in [3.63, 3.8) is 0 Å². The van der Waals surface area contributed by atoms with Crippen molar-refractivity contribution in [3.8, 4) is 0 Å². The number of carbonyl (C=O) groups excluding carboxylic acids is 1.